The highest BCUT2D eigenvalue weighted by atomic mass is 35.5. The van der Waals surface area contributed by atoms with E-state index in [-0.39, 0.29) is 95.5 Å². The first-order valence-electron chi connectivity index (χ1n) is 31.0. The van der Waals surface area contributed by atoms with E-state index in [9.17, 15) is 63.0 Å². The maximum absolute atomic E-state index is 14.8. The van der Waals surface area contributed by atoms with Gasteiger partial charge in [0.2, 0.25) is 47.3 Å². The van der Waals surface area contributed by atoms with Gasteiger partial charge in [-0.2, -0.15) is 0 Å². The summed E-state index contributed by atoms with van der Waals surface area (Å²) in [6.45, 7) is 8.49. The summed E-state index contributed by atoms with van der Waals surface area (Å²) in [5.74, 6) is -11.5. The van der Waals surface area contributed by atoms with Crippen LogP contribution in [0.5, 0.6) is 0 Å². The third-order valence-corrected chi connectivity index (χ3v) is 17.1. The van der Waals surface area contributed by atoms with Gasteiger partial charge in [0.25, 0.3) is 0 Å². The number of carbonyl (C=O) groups is 11. The van der Waals surface area contributed by atoms with Gasteiger partial charge in [0.15, 0.2) is 11.6 Å². The van der Waals surface area contributed by atoms with Crippen molar-refractivity contribution < 1.29 is 63.0 Å². The molecule has 0 aliphatic carbocycles. The fraction of sp³-hybridized carbons (Fsp3) is 0.623. The normalized spacial score (nSPS) is 22.1. The van der Waals surface area contributed by atoms with Crippen LogP contribution in [0.15, 0.2) is 54.6 Å². The van der Waals surface area contributed by atoms with Crippen LogP contribution in [0.3, 0.4) is 0 Å². The van der Waals surface area contributed by atoms with Crippen LogP contribution in [0.2, 0.25) is 5.02 Å². The zero-order valence-corrected chi connectivity index (χ0v) is 57.8. The molecule has 29 heteroatoms. The van der Waals surface area contributed by atoms with Crippen LogP contribution in [0, 0.1) is 23.7 Å². The Morgan fingerprint density at radius 2 is 1.19 bits per heavy atom. The molecular formula is C61H98ClN11O13P4. The molecule has 1 fully saturated rings. The number of hydrogen-bond donors (Lipinski definition) is 13. The zero-order valence-electron chi connectivity index (χ0n) is 52.4. The number of Topliss-reactive ketones (excluding diaryl/α,β-unsaturated/α-hetero) is 3. The lowest BCUT2D eigenvalue weighted by molar-refractivity contribution is -0.137. The first kappa shape index (κ1) is 79.3. The number of carbonyl (C=O) groups excluding carboxylic acids is 11. The standard InChI is InChI=1S/C61H98ClN11O13P4/c1-6-7-18-46-57(82)67-45(23-27-66-90)51(77)34-43(36(4)74)56(81)63-24-22-48(59(84)69-47(19-13-28-87)58(83)72-50(30-38-14-9-8-10-15-38)61(86)71-49(29-35(2)3)60(85)70-46)68-54(79)41(21-26-65-89)33-52(78)53(37(5)75)73-55(80)40(20-25-64-88)32-42(76)31-39-16-11-12-17-44(39)62/h8-12,14-17,35-37,40-41,43,45-50,53,64-66,74-75H,6-7,13,18-34,87-90H2,1-5H3,(H,63,81)(H,67,82)(H,68,79)(H,69,84)(H,70,85)(H,71,86)(H,72,83)(H,73,80). The fourth-order valence-electron chi connectivity index (χ4n) is 10.3. The molecular weight excluding hydrogens is 1250 g/mol. The third kappa shape index (κ3) is 28.5. The fourth-order valence-corrected chi connectivity index (χ4v) is 11.2. The average Bonchev–Trinajstić information content (AvgIpc) is 2.00. The molecule has 0 bridgehead atoms. The van der Waals surface area contributed by atoms with E-state index in [1.54, 1.807) is 54.6 Å². The molecule has 2 aromatic rings. The van der Waals surface area contributed by atoms with Crippen LogP contribution in [0.4, 0.5) is 0 Å². The van der Waals surface area contributed by atoms with E-state index in [1.165, 1.54) is 13.8 Å². The van der Waals surface area contributed by atoms with E-state index in [0.717, 1.165) is 0 Å². The second kappa shape index (κ2) is 43.0. The number of unbranched alkanes of at least 4 members (excludes halogenated alkanes) is 1. The molecule has 16 unspecified atom stereocenters. The highest BCUT2D eigenvalue weighted by molar-refractivity contribution is 7.16. The number of ketones is 3. The molecule has 3 rings (SSSR count). The summed E-state index contributed by atoms with van der Waals surface area (Å²) in [4.78, 5) is 158. The number of halogens is 1. The number of nitrogens with one attached hydrogen (secondary N) is 11. The van der Waals surface area contributed by atoms with E-state index >= 15 is 0 Å². The predicted molar refractivity (Wildman–Crippen MR) is 359 cm³/mol. The molecule has 1 aliphatic heterocycles. The second-order valence-corrected chi connectivity index (χ2v) is 25.6. The van der Waals surface area contributed by atoms with Crippen molar-refractivity contribution in [1.82, 2.24) is 57.8 Å². The molecule has 0 aromatic heterocycles. The van der Waals surface area contributed by atoms with Gasteiger partial charge in [0, 0.05) is 62.1 Å². The highest BCUT2D eigenvalue weighted by Gasteiger charge is 2.38. The number of benzene rings is 2. The van der Waals surface area contributed by atoms with Gasteiger partial charge >= 0.3 is 0 Å². The predicted octanol–water partition coefficient (Wildman–Crippen LogP) is 1.73. The van der Waals surface area contributed by atoms with Crippen LogP contribution < -0.4 is 57.8 Å². The minimum absolute atomic E-state index is 0.0204. The Labute approximate surface area is 544 Å². The van der Waals surface area contributed by atoms with Gasteiger partial charge in [-0.15, -0.1) is 9.24 Å². The Balaban J connectivity index is 2.14. The maximum Gasteiger partial charge on any atom is 0.243 e. The van der Waals surface area contributed by atoms with Crippen molar-refractivity contribution in [2.75, 3.05) is 32.3 Å². The van der Waals surface area contributed by atoms with Crippen LogP contribution in [-0.4, -0.2) is 162 Å². The molecule has 90 heavy (non-hydrogen) atoms. The largest absolute Gasteiger partial charge is 0.393 e. The van der Waals surface area contributed by atoms with Crippen molar-refractivity contribution in [3.63, 3.8) is 0 Å². The molecule has 0 saturated carbocycles. The van der Waals surface area contributed by atoms with Gasteiger partial charge in [-0.1, -0.05) is 122 Å². The number of aliphatic hydroxyl groups excluding tert-OH is 2. The van der Waals surface area contributed by atoms with Crippen molar-refractivity contribution in [1.29, 1.82) is 0 Å². The lowest BCUT2D eigenvalue weighted by Gasteiger charge is -2.28. The van der Waals surface area contributed by atoms with E-state index < -0.39 is 144 Å². The van der Waals surface area contributed by atoms with Gasteiger partial charge in [-0.05, 0) is 108 Å². The molecule has 1 heterocycles. The van der Waals surface area contributed by atoms with Crippen molar-refractivity contribution >= 4 is 114 Å². The second-order valence-electron chi connectivity index (χ2n) is 23.4. The molecule has 24 nitrogen and oxygen atoms in total. The molecule has 16 atom stereocenters. The summed E-state index contributed by atoms with van der Waals surface area (Å²) >= 11 is 6.32. The third-order valence-electron chi connectivity index (χ3n) is 15.5. The smallest absolute Gasteiger partial charge is 0.243 e. The number of aliphatic hydroxyl groups is 2. The lowest BCUT2D eigenvalue weighted by atomic mass is 9.91. The van der Waals surface area contributed by atoms with Crippen molar-refractivity contribution in [2.24, 2.45) is 23.7 Å². The van der Waals surface area contributed by atoms with Gasteiger partial charge < -0.3 is 68.0 Å². The first-order valence-corrected chi connectivity index (χ1v) is 33.9. The van der Waals surface area contributed by atoms with Crippen molar-refractivity contribution in [2.45, 2.75) is 185 Å². The van der Waals surface area contributed by atoms with E-state index in [1.807, 2.05) is 20.8 Å². The average molecular weight is 1350 g/mol. The van der Waals surface area contributed by atoms with Crippen LogP contribution in [0.25, 0.3) is 0 Å². The summed E-state index contributed by atoms with van der Waals surface area (Å²) in [5.41, 5.74) is 1.22. The van der Waals surface area contributed by atoms with Gasteiger partial charge in [-0.25, -0.2) is 0 Å². The van der Waals surface area contributed by atoms with E-state index in [0.29, 0.717) is 48.1 Å². The van der Waals surface area contributed by atoms with Gasteiger partial charge in [0.05, 0.1) is 24.2 Å². The molecule has 1 saturated heterocycles. The Bertz CT molecular complexity index is 2670. The van der Waals surface area contributed by atoms with Crippen LogP contribution >= 0.6 is 49.0 Å². The minimum atomic E-state index is -1.56. The van der Waals surface area contributed by atoms with E-state index in [4.69, 9.17) is 11.6 Å². The quantitative estimate of drug-likeness (QED) is 0.0464. The van der Waals surface area contributed by atoms with Gasteiger partial charge in [-0.3, -0.25) is 52.7 Å². The molecule has 502 valence electrons. The summed E-state index contributed by atoms with van der Waals surface area (Å²) in [5, 5.41) is 53.0. The van der Waals surface area contributed by atoms with Gasteiger partial charge in [0.1, 0.15) is 42.0 Å². The molecule has 1 aliphatic rings. The summed E-state index contributed by atoms with van der Waals surface area (Å²) in [6, 6.07) is 6.24. The van der Waals surface area contributed by atoms with Crippen LogP contribution in [-0.2, 0) is 65.6 Å². The highest BCUT2D eigenvalue weighted by Crippen LogP contribution is 2.21. The van der Waals surface area contributed by atoms with Crippen molar-refractivity contribution in [3.05, 3.63) is 70.7 Å². The van der Waals surface area contributed by atoms with Crippen molar-refractivity contribution in [3.8, 4) is 0 Å². The zero-order chi connectivity index (χ0) is 66.9. The summed E-state index contributed by atoms with van der Waals surface area (Å²) in [6.07, 6.45) is -2.17. The topological polar surface area (TPSA) is 361 Å². The number of amides is 8. The summed E-state index contributed by atoms with van der Waals surface area (Å²) in [7, 11) is 9.47. The Morgan fingerprint density at radius 1 is 0.644 bits per heavy atom. The monoisotopic (exact) mass is 1350 g/mol. The molecule has 2 aromatic carbocycles. The molecule has 0 radical (unpaired) electrons. The molecule has 0 spiro atoms. The summed E-state index contributed by atoms with van der Waals surface area (Å²) < 4.78 is 0. The first-order chi connectivity index (χ1) is 42.9. The maximum atomic E-state index is 14.8. The Hall–Kier alpha value is -4.98. The lowest BCUT2D eigenvalue weighted by Crippen LogP contribution is -2.60. The number of hydrogen-bond acceptors (Lipinski definition) is 16. The molecule has 13 N–H and O–H groups in total. The Morgan fingerprint density at radius 3 is 1.77 bits per heavy atom. The minimum Gasteiger partial charge on any atom is -0.393 e. The molecule has 8 amide bonds. The number of rotatable bonds is 32. The van der Waals surface area contributed by atoms with Crippen LogP contribution in [0.1, 0.15) is 129 Å². The Kier molecular flexibility index (Phi) is 37.9. The van der Waals surface area contributed by atoms with E-state index in [2.05, 4.69) is 95.2 Å². The SMILES string of the molecule is CCCCC1NC(=O)C(CC(C)C)NC(=O)C(Cc2ccccc2)NC(=O)C(CCCP)NC(=O)C(NC(=O)C(CCNP)CC(=O)C(NC(=O)C(CCNP)CC(=O)Cc2ccccc2Cl)C(C)O)CCNC(=O)C(C(C)O)CC(=O)C(CCNP)NC1=O.